The zero-order valence-corrected chi connectivity index (χ0v) is 8.42. The Labute approximate surface area is 75.2 Å². The van der Waals surface area contributed by atoms with E-state index in [0.717, 1.165) is 6.42 Å². The Hall–Kier alpha value is -0.850. The lowest BCUT2D eigenvalue weighted by molar-refractivity contribution is -0.123. The topological polar surface area (TPSA) is 17.1 Å². The maximum atomic E-state index is 11.3. The highest BCUT2D eigenvalue weighted by molar-refractivity contribution is 5.84. The van der Waals surface area contributed by atoms with Gasteiger partial charge in [0.25, 0.3) is 0 Å². The summed E-state index contributed by atoms with van der Waals surface area (Å²) >= 11 is 0. The Bertz CT molecular complexity index is 201. The predicted molar refractivity (Wildman–Crippen MR) is 53.0 cm³/mol. The molecule has 1 heteroatoms. The van der Waals surface area contributed by atoms with Gasteiger partial charge in [0, 0.05) is 5.41 Å². The molecular formula is C11H18O. The van der Waals surface area contributed by atoms with Crippen molar-refractivity contribution >= 4 is 5.78 Å². The first kappa shape index (κ1) is 11.2. The minimum absolute atomic E-state index is 0.221. The summed E-state index contributed by atoms with van der Waals surface area (Å²) in [5.41, 5.74) is -0.304. The van der Waals surface area contributed by atoms with Gasteiger partial charge in [-0.3, -0.25) is 4.79 Å². The van der Waals surface area contributed by atoms with Gasteiger partial charge in [-0.05, 0) is 34.1 Å². The minimum Gasteiger partial charge on any atom is -0.299 e. The fourth-order valence-corrected chi connectivity index (χ4v) is 1.06. The highest BCUT2D eigenvalue weighted by Crippen LogP contribution is 2.24. The van der Waals surface area contributed by atoms with E-state index in [-0.39, 0.29) is 11.2 Å². The molecule has 0 aliphatic rings. The van der Waals surface area contributed by atoms with Gasteiger partial charge in [-0.15, -0.1) is 0 Å². The highest BCUT2D eigenvalue weighted by Gasteiger charge is 2.24. The van der Waals surface area contributed by atoms with E-state index in [1.165, 1.54) is 0 Å². The lowest BCUT2D eigenvalue weighted by atomic mass is 9.82. The first-order valence-corrected chi connectivity index (χ1v) is 4.33. The van der Waals surface area contributed by atoms with E-state index in [1.807, 2.05) is 45.1 Å². The SMILES string of the molecule is CC=CCC(C)(C=CC)C(C)=O. The average Bonchev–Trinajstić information content (AvgIpc) is 2.01. The maximum Gasteiger partial charge on any atom is 0.139 e. The van der Waals surface area contributed by atoms with Crippen molar-refractivity contribution in [2.24, 2.45) is 5.41 Å². The van der Waals surface area contributed by atoms with Crippen molar-refractivity contribution in [2.45, 2.75) is 34.1 Å². The molecule has 0 aromatic rings. The van der Waals surface area contributed by atoms with Crippen molar-refractivity contribution in [3.8, 4) is 0 Å². The molecule has 68 valence electrons. The second kappa shape index (κ2) is 4.91. The van der Waals surface area contributed by atoms with Gasteiger partial charge >= 0.3 is 0 Å². The van der Waals surface area contributed by atoms with Crippen LogP contribution in [0.4, 0.5) is 0 Å². The Morgan fingerprint density at radius 3 is 2.25 bits per heavy atom. The molecule has 0 aliphatic heterocycles. The van der Waals surface area contributed by atoms with E-state index in [2.05, 4.69) is 0 Å². The lowest BCUT2D eigenvalue weighted by Crippen LogP contribution is -2.21. The number of ketones is 1. The smallest absolute Gasteiger partial charge is 0.139 e. The third-order valence-electron chi connectivity index (χ3n) is 2.12. The number of carbonyl (C=O) groups excluding carboxylic acids is 1. The van der Waals surface area contributed by atoms with E-state index in [4.69, 9.17) is 0 Å². The first-order valence-electron chi connectivity index (χ1n) is 4.33. The van der Waals surface area contributed by atoms with Crippen LogP contribution in [0.1, 0.15) is 34.1 Å². The Morgan fingerprint density at radius 2 is 1.92 bits per heavy atom. The summed E-state index contributed by atoms with van der Waals surface area (Å²) in [6.45, 7) is 7.52. The third kappa shape index (κ3) is 3.04. The third-order valence-corrected chi connectivity index (χ3v) is 2.12. The number of hydrogen-bond donors (Lipinski definition) is 0. The van der Waals surface area contributed by atoms with Gasteiger partial charge in [0.15, 0.2) is 0 Å². The molecule has 0 heterocycles. The van der Waals surface area contributed by atoms with E-state index < -0.39 is 0 Å². The van der Waals surface area contributed by atoms with Crippen LogP contribution in [0, 0.1) is 5.41 Å². The Kier molecular flexibility index (Phi) is 4.57. The summed E-state index contributed by atoms with van der Waals surface area (Å²) in [5.74, 6) is 0.221. The molecule has 0 bridgehead atoms. The van der Waals surface area contributed by atoms with Crippen LogP contribution >= 0.6 is 0 Å². The first-order chi connectivity index (χ1) is 5.56. The highest BCUT2D eigenvalue weighted by atomic mass is 16.1. The van der Waals surface area contributed by atoms with Gasteiger partial charge in [-0.2, -0.15) is 0 Å². The molecule has 0 aromatic heterocycles. The standard InChI is InChI=1S/C11H18O/c1-5-7-9-11(4,8-6-2)10(3)12/h5-8H,9H2,1-4H3. The summed E-state index contributed by atoms with van der Waals surface area (Å²) in [7, 11) is 0. The molecule has 0 fully saturated rings. The Morgan fingerprint density at radius 1 is 1.33 bits per heavy atom. The van der Waals surface area contributed by atoms with Crippen molar-refractivity contribution in [1.82, 2.24) is 0 Å². The summed E-state index contributed by atoms with van der Waals surface area (Å²) in [6, 6.07) is 0. The van der Waals surface area contributed by atoms with Crippen molar-refractivity contribution in [3.63, 3.8) is 0 Å². The number of carbonyl (C=O) groups is 1. The van der Waals surface area contributed by atoms with Gasteiger partial charge in [0.2, 0.25) is 0 Å². The predicted octanol–water partition coefficient (Wildman–Crippen LogP) is 3.12. The van der Waals surface area contributed by atoms with Crippen LogP contribution in [0.3, 0.4) is 0 Å². The Balaban J connectivity index is 4.50. The van der Waals surface area contributed by atoms with E-state index in [1.54, 1.807) is 6.92 Å². The van der Waals surface area contributed by atoms with E-state index in [9.17, 15) is 4.79 Å². The molecule has 12 heavy (non-hydrogen) atoms. The summed E-state index contributed by atoms with van der Waals surface area (Å²) in [4.78, 5) is 11.3. The monoisotopic (exact) mass is 166 g/mol. The summed E-state index contributed by atoms with van der Waals surface area (Å²) in [6.07, 6.45) is 8.70. The van der Waals surface area contributed by atoms with Gasteiger partial charge in [-0.25, -0.2) is 0 Å². The quantitative estimate of drug-likeness (QED) is 0.586. The van der Waals surface area contributed by atoms with Gasteiger partial charge in [-0.1, -0.05) is 24.3 Å². The summed E-state index contributed by atoms with van der Waals surface area (Å²) in [5, 5.41) is 0. The second-order valence-corrected chi connectivity index (χ2v) is 3.25. The van der Waals surface area contributed by atoms with Gasteiger partial charge < -0.3 is 0 Å². The van der Waals surface area contributed by atoms with Crippen molar-refractivity contribution < 1.29 is 4.79 Å². The fourth-order valence-electron chi connectivity index (χ4n) is 1.06. The van der Waals surface area contributed by atoms with Crippen LogP contribution in [0.2, 0.25) is 0 Å². The zero-order valence-electron chi connectivity index (χ0n) is 8.42. The van der Waals surface area contributed by atoms with Crippen LogP contribution in [0.15, 0.2) is 24.3 Å². The second-order valence-electron chi connectivity index (χ2n) is 3.25. The molecule has 0 rings (SSSR count). The molecule has 1 nitrogen and oxygen atoms in total. The molecule has 0 aliphatic carbocycles. The lowest BCUT2D eigenvalue weighted by Gasteiger charge is -2.20. The van der Waals surface area contributed by atoms with E-state index in [0.29, 0.717) is 0 Å². The van der Waals surface area contributed by atoms with Crippen LogP contribution < -0.4 is 0 Å². The number of allylic oxidation sites excluding steroid dienone is 4. The molecule has 0 N–H and O–H groups in total. The normalized spacial score (nSPS) is 17.0. The molecule has 0 radical (unpaired) electrons. The van der Waals surface area contributed by atoms with Crippen LogP contribution in [0.5, 0.6) is 0 Å². The van der Waals surface area contributed by atoms with Crippen molar-refractivity contribution in [1.29, 1.82) is 0 Å². The van der Waals surface area contributed by atoms with Crippen molar-refractivity contribution in [2.75, 3.05) is 0 Å². The van der Waals surface area contributed by atoms with Gasteiger partial charge in [0.1, 0.15) is 5.78 Å². The van der Waals surface area contributed by atoms with E-state index >= 15 is 0 Å². The van der Waals surface area contributed by atoms with Crippen LogP contribution in [-0.4, -0.2) is 5.78 Å². The fraction of sp³-hybridized carbons (Fsp3) is 0.545. The largest absolute Gasteiger partial charge is 0.299 e. The molecule has 1 atom stereocenters. The molecular weight excluding hydrogens is 148 g/mol. The molecule has 0 spiro atoms. The van der Waals surface area contributed by atoms with Crippen LogP contribution in [-0.2, 0) is 4.79 Å². The zero-order chi connectivity index (χ0) is 9.61. The number of rotatable bonds is 4. The van der Waals surface area contributed by atoms with Gasteiger partial charge in [0.05, 0.1) is 0 Å². The molecule has 0 amide bonds. The minimum atomic E-state index is -0.304. The number of hydrogen-bond acceptors (Lipinski definition) is 1. The molecule has 0 saturated carbocycles. The van der Waals surface area contributed by atoms with Crippen molar-refractivity contribution in [3.05, 3.63) is 24.3 Å². The molecule has 0 saturated heterocycles. The average molecular weight is 166 g/mol. The maximum absolute atomic E-state index is 11.3. The number of Topliss-reactive ketones (excluding diaryl/α,β-unsaturated/α-hetero) is 1. The van der Waals surface area contributed by atoms with Crippen LogP contribution in [0.25, 0.3) is 0 Å². The molecule has 1 unspecified atom stereocenters. The molecule has 0 aromatic carbocycles. The summed E-state index contributed by atoms with van der Waals surface area (Å²) < 4.78 is 0.